The zero-order valence-electron chi connectivity index (χ0n) is 11.8. The molecule has 0 unspecified atom stereocenters. The number of aryl methyl sites for hydroxylation is 1. The molecule has 1 aromatic carbocycles. The molecule has 0 spiro atoms. The number of aromatic nitrogens is 2. The smallest absolute Gasteiger partial charge is 0.137 e. The van der Waals surface area contributed by atoms with Gasteiger partial charge >= 0.3 is 0 Å². The van der Waals surface area contributed by atoms with Crippen molar-refractivity contribution in [2.75, 3.05) is 0 Å². The van der Waals surface area contributed by atoms with E-state index in [9.17, 15) is 4.39 Å². The van der Waals surface area contributed by atoms with E-state index < -0.39 is 0 Å². The Bertz CT molecular complexity index is 567. The van der Waals surface area contributed by atoms with Crippen LogP contribution in [0.2, 0.25) is 0 Å². The van der Waals surface area contributed by atoms with Gasteiger partial charge in [0.2, 0.25) is 0 Å². The van der Waals surface area contributed by atoms with Crippen LogP contribution >= 0.6 is 0 Å². The molecule has 4 heteroatoms. The number of aromatic amines is 1. The number of hydrogen-bond donors (Lipinski definition) is 2. The molecular weight excluding hydrogens is 241 g/mol. The van der Waals surface area contributed by atoms with Crippen LogP contribution < -0.4 is 5.32 Å². The minimum atomic E-state index is -0.220. The summed E-state index contributed by atoms with van der Waals surface area (Å²) in [5.41, 5.74) is 2.90. The number of imidazole rings is 1. The molecule has 0 aliphatic rings. The summed E-state index contributed by atoms with van der Waals surface area (Å²) >= 11 is 0. The maximum Gasteiger partial charge on any atom is 0.137 e. The molecule has 102 valence electrons. The Hall–Kier alpha value is -1.68. The predicted molar refractivity (Wildman–Crippen MR) is 75.3 cm³/mol. The monoisotopic (exact) mass is 261 g/mol. The van der Waals surface area contributed by atoms with E-state index in [1.165, 1.54) is 12.1 Å². The average Bonchev–Trinajstić information content (AvgIpc) is 2.74. The maximum absolute atomic E-state index is 13.1. The van der Waals surface area contributed by atoms with E-state index in [4.69, 9.17) is 0 Å². The SMILES string of the molecule is Cc1cc(F)ccc1-c1ncc(CNC(C)(C)C)[nH]1. The van der Waals surface area contributed by atoms with Crippen molar-refractivity contribution in [3.05, 3.63) is 41.5 Å². The van der Waals surface area contributed by atoms with Crippen molar-refractivity contribution in [3.8, 4) is 11.4 Å². The number of nitrogens with one attached hydrogen (secondary N) is 2. The molecule has 0 fully saturated rings. The molecule has 2 N–H and O–H groups in total. The highest BCUT2D eigenvalue weighted by Gasteiger charge is 2.11. The third kappa shape index (κ3) is 3.64. The molecule has 2 aromatic rings. The first kappa shape index (κ1) is 13.7. The highest BCUT2D eigenvalue weighted by Crippen LogP contribution is 2.21. The molecule has 0 aliphatic heterocycles. The lowest BCUT2D eigenvalue weighted by Crippen LogP contribution is -2.35. The van der Waals surface area contributed by atoms with Crippen molar-refractivity contribution in [3.63, 3.8) is 0 Å². The minimum absolute atomic E-state index is 0.0665. The van der Waals surface area contributed by atoms with Gasteiger partial charge in [-0.25, -0.2) is 9.37 Å². The third-order valence-electron chi connectivity index (χ3n) is 2.88. The summed E-state index contributed by atoms with van der Waals surface area (Å²) < 4.78 is 13.1. The van der Waals surface area contributed by atoms with Gasteiger partial charge in [-0.2, -0.15) is 0 Å². The van der Waals surface area contributed by atoms with Crippen molar-refractivity contribution in [1.82, 2.24) is 15.3 Å². The summed E-state index contributed by atoms with van der Waals surface area (Å²) in [6, 6.07) is 4.73. The van der Waals surface area contributed by atoms with E-state index in [1.807, 2.05) is 13.1 Å². The van der Waals surface area contributed by atoms with E-state index in [0.29, 0.717) is 0 Å². The molecular formula is C15H20FN3. The second-order valence-electron chi connectivity index (χ2n) is 5.82. The first-order chi connectivity index (χ1) is 8.85. The normalized spacial score (nSPS) is 11.8. The second kappa shape index (κ2) is 5.13. The summed E-state index contributed by atoms with van der Waals surface area (Å²) in [5, 5.41) is 3.40. The van der Waals surface area contributed by atoms with Crippen molar-refractivity contribution >= 4 is 0 Å². The van der Waals surface area contributed by atoms with E-state index in [1.54, 1.807) is 6.07 Å². The van der Waals surface area contributed by atoms with Crippen LogP contribution in [0.15, 0.2) is 24.4 Å². The molecule has 0 amide bonds. The molecule has 0 bridgehead atoms. The first-order valence-corrected chi connectivity index (χ1v) is 6.40. The Morgan fingerprint density at radius 3 is 2.68 bits per heavy atom. The Morgan fingerprint density at radius 1 is 1.32 bits per heavy atom. The lowest BCUT2D eigenvalue weighted by molar-refractivity contribution is 0.422. The van der Waals surface area contributed by atoms with Crippen LogP contribution in [-0.4, -0.2) is 15.5 Å². The maximum atomic E-state index is 13.1. The summed E-state index contributed by atoms with van der Waals surface area (Å²) in [6.45, 7) is 8.97. The van der Waals surface area contributed by atoms with Gasteiger partial charge in [0, 0.05) is 29.5 Å². The van der Waals surface area contributed by atoms with Crippen LogP contribution in [0.4, 0.5) is 4.39 Å². The summed E-state index contributed by atoms with van der Waals surface area (Å²) in [4.78, 5) is 7.63. The predicted octanol–water partition coefficient (Wildman–Crippen LogP) is 3.41. The largest absolute Gasteiger partial charge is 0.341 e. The molecule has 2 rings (SSSR count). The Morgan fingerprint density at radius 2 is 2.05 bits per heavy atom. The van der Waals surface area contributed by atoms with Gasteiger partial charge in [0.1, 0.15) is 11.6 Å². The van der Waals surface area contributed by atoms with Crippen molar-refractivity contribution in [2.45, 2.75) is 39.8 Å². The molecule has 1 heterocycles. The highest BCUT2D eigenvalue weighted by molar-refractivity contribution is 5.60. The van der Waals surface area contributed by atoms with Gasteiger partial charge in [-0.05, 0) is 51.5 Å². The topological polar surface area (TPSA) is 40.7 Å². The number of halogens is 1. The zero-order chi connectivity index (χ0) is 14.0. The minimum Gasteiger partial charge on any atom is -0.341 e. The van der Waals surface area contributed by atoms with E-state index in [2.05, 4.69) is 36.1 Å². The lowest BCUT2D eigenvalue weighted by atomic mass is 10.1. The van der Waals surface area contributed by atoms with Gasteiger partial charge in [-0.1, -0.05) is 0 Å². The van der Waals surface area contributed by atoms with Crippen LogP contribution in [0.3, 0.4) is 0 Å². The average molecular weight is 261 g/mol. The van der Waals surface area contributed by atoms with Crippen LogP contribution in [0.25, 0.3) is 11.4 Å². The van der Waals surface area contributed by atoms with E-state index in [0.717, 1.165) is 29.2 Å². The van der Waals surface area contributed by atoms with E-state index >= 15 is 0 Å². The molecule has 0 radical (unpaired) electrons. The Kier molecular flexibility index (Phi) is 3.71. The van der Waals surface area contributed by atoms with Gasteiger partial charge in [0.05, 0.1) is 0 Å². The number of hydrogen-bond acceptors (Lipinski definition) is 2. The standard InChI is InChI=1S/C15H20FN3/c1-10-7-11(16)5-6-13(10)14-17-8-12(19-14)9-18-15(2,3)4/h5-8,18H,9H2,1-4H3,(H,17,19). The molecule has 3 nitrogen and oxygen atoms in total. The van der Waals surface area contributed by atoms with Crippen LogP contribution in [0.1, 0.15) is 32.0 Å². The second-order valence-corrected chi connectivity index (χ2v) is 5.82. The summed E-state index contributed by atoms with van der Waals surface area (Å²) in [7, 11) is 0. The fraction of sp³-hybridized carbons (Fsp3) is 0.400. The van der Waals surface area contributed by atoms with Crippen molar-refractivity contribution < 1.29 is 4.39 Å². The summed E-state index contributed by atoms with van der Waals surface area (Å²) in [6.07, 6.45) is 1.82. The first-order valence-electron chi connectivity index (χ1n) is 6.40. The highest BCUT2D eigenvalue weighted by atomic mass is 19.1. The fourth-order valence-corrected chi connectivity index (χ4v) is 1.84. The molecule has 0 aliphatic carbocycles. The summed E-state index contributed by atoms with van der Waals surface area (Å²) in [5.74, 6) is 0.561. The number of nitrogens with zero attached hydrogens (tertiary/aromatic N) is 1. The van der Waals surface area contributed by atoms with Crippen molar-refractivity contribution in [1.29, 1.82) is 0 Å². The van der Waals surface area contributed by atoms with Crippen LogP contribution in [0, 0.1) is 12.7 Å². The van der Waals surface area contributed by atoms with Gasteiger partial charge in [-0.3, -0.25) is 0 Å². The van der Waals surface area contributed by atoms with Gasteiger partial charge < -0.3 is 10.3 Å². The van der Waals surface area contributed by atoms with Crippen LogP contribution in [-0.2, 0) is 6.54 Å². The number of rotatable bonds is 3. The molecule has 1 aromatic heterocycles. The zero-order valence-corrected chi connectivity index (χ0v) is 11.8. The van der Waals surface area contributed by atoms with Crippen molar-refractivity contribution in [2.24, 2.45) is 0 Å². The molecule has 0 atom stereocenters. The molecule has 19 heavy (non-hydrogen) atoms. The Labute approximate surface area is 113 Å². The number of benzene rings is 1. The lowest BCUT2D eigenvalue weighted by Gasteiger charge is -2.19. The third-order valence-corrected chi connectivity index (χ3v) is 2.88. The quantitative estimate of drug-likeness (QED) is 0.889. The fourth-order valence-electron chi connectivity index (χ4n) is 1.84. The van der Waals surface area contributed by atoms with Gasteiger partial charge in [-0.15, -0.1) is 0 Å². The van der Waals surface area contributed by atoms with E-state index in [-0.39, 0.29) is 11.4 Å². The molecule has 0 saturated carbocycles. The number of H-pyrrole nitrogens is 1. The van der Waals surface area contributed by atoms with Gasteiger partial charge in [0.25, 0.3) is 0 Å². The van der Waals surface area contributed by atoms with Gasteiger partial charge in [0.15, 0.2) is 0 Å². The molecule has 0 saturated heterocycles. The Balaban J connectivity index is 2.16. The van der Waals surface area contributed by atoms with Crippen LogP contribution in [0.5, 0.6) is 0 Å².